The topological polar surface area (TPSA) is 89.1 Å². The highest BCUT2D eigenvalue weighted by atomic mass is 16.5. The highest BCUT2D eigenvalue weighted by molar-refractivity contribution is 5.93. The van der Waals surface area contributed by atoms with Crippen LogP contribution in [-0.4, -0.2) is 85.3 Å². The molecule has 0 spiro atoms. The van der Waals surface area contributed by atoms with E-state index >= 15 is 0 Å². The van der Waals surface area contributed by atoms with Gasteiger partial charge in [0.05, 0.1) is 32.4 Å². The van der Waals surface area contributed by atoms with Crippen molar-refractivity contribution in [2.75, 3.05) is 64.9 Å². The van der Waals surface area contributed by atoms with Crippen molar-refractivity contribution in [3.05, 3.63) is 48.3 Å². The second-order valence-electron chi connectivity index (χ2n) is 8.86. The quantitative estimate of drug-likeness (QED) is 0.318. The number of nitrogens with zero attached hydrogens (tertiary/aromatic N) is 4. The molecular weight excluding hydrogens is 458 g/mol. The molecule has 4 rings (SSSR count). The van der Waals surface area contributed by atoms with Crippen LogP contribution < -0.4 is 14.8 Å². The summed E-state index contributed by atoms with van der Waals surface area (Å²) in [5.41, 5.74) is 2.92. The van der Waals surface area contributed by atoms with Crippen molar-refractivity contribution in [1.29, 1.82) is 0 Å². The van der Waals surface area contributed by atoms with Crippen LogP contribution in [-0.2, 0) is 9.53 Å². The van der Waals surface area contributed by atoms with Gasteiger partial charge in [-0.3, -0.25) is 9.69 Å². The molecule has 0 atom stereocenters. The number of rotatable bonds is 11. The van der Waals surface area contributed by atoms with Gasteiger partial charge in [0.25, 0.3) is 0 Å². The van der Waals surface area contributed by atoms with Crippen LogP contribution in [0.3, 0.4) is 0 Å². The first kappa shape index (κ1) is 25.7. The number of methoxy groups -OCH3 is 1. The van der Waals surface area contributed by atoms with Gasteiger partial charge in [-0.1, -0.05) is 12.1 Å². The van der Waals surface area contributed by atoms with Gasteiger partial charge in [0, 0.05) is 49.9 Å². The number of nitrogens with one attached hydrogen (secondary N) is 1. The third kappa shape index (κ3) is 6.83. The zero-order valence-electron chi connectivity index (χ0n) is 21.3. The average Bonchev–Trinajstić information content (AvgIpc) is 2.87. The maximum atomic E-state index is 11.7. The van der Waals surface area contributed by atoms with Crippen molar-refractivity contribution in [3.8, 4) is 11.5 Å². The van der Waals surface area contributed by atoms with Crippen LogP contribution in [0.15, 0.2) is 42.7 Å². The lowest BCUT2D eigenvalue weighted by Crippen LogP contribution is -2.48. The van der Waals surface area contributed by atoms with Crippen LogP contribution in [0, 0.1) is 6.92 Å². The number of benzene rings is 2. The van der Waals surface area contributed by atoms with Crippen LogP contribution in [0.2, 0.25) is 0 Å². The van der Waals surface area contributed by atoms with Crippen molar-refractivity contribution in [1.82, 2.24) is 19.8 Å². The Morgan fingerprint density at radius 2 is 1.86 bits per heavy atom. The number of aromatic nitrogens is 2. The van der Waals surface area contributed by atoms with Gasteiger partial charge in [-0.05, 0) is 44.0 Å². The molecule has 3 aromatic rings. The van der Waals surface area contributed by atoms with Gasteiger partial charge < -0.3 is 24.4 Å². The Hall–Kier alpha value is -3.43. The molecule has 1 aromatic heterocycles. The van der Waals surface area contributed by atoms with E-state index in [0.29, 0.717) is 31.3 Å². The van der Waals surface area contributed by atoms with Gasteiger partial charge in [0.1, 0.15) is 12.1 Å². The van der Waals surface area contributed by atoms with E-state index in [1.165, 1.54) is 5.56 Å². The summed E-state index contributed by atoms with van der Waals surface area (Å²) in [6.45, 7) is 9.81. The third-order valence-corrected chi connectivity index (χ3v) is 6.20. The zero-order chi connectivity index (χ0) is 25.3. The third-order valence-electron chi connectivity index (χ3n) is 6.20. The Balaban J connectivity index is 1.33. The number of esters is 1. The van der Waals surface area contributed by atoms with Crippen molar-refractivity contribution in [3.63, 3.8) is 0 Å². The highest BCUT2D eigenvalue weighted by Gasteiger charge is 2.19. The van der Waals surface area contributed by atoms with E-state index < -0.39 is 0 Å². The van der Waals surface area contributed by atoms with Crippen molar-refractivity contribution >= 4 is 28.4 Å². The summed E-state index contributed by atoms with van der Waals surface area (Å²) in [7, 11) is 1.64. The summed E-state index contributed by atoms with van der Waals surface area (Å²) in [6.07, 6.45) is 2.44. The molecule has 2 aromatic carbocycles. The Morgan fingerprint density at radius 1 is 1.06 bits per heavy atom. The Kier molecular flexibility index (Phi) is 8.91. The lowest BCUT2D eigenvalue weighted by molar-refractivity contribution is -0.144. The molecule has 1 saturated heterocycles. The molecule has 1 fully saturated rings. The molecule has 9 heteroatoms. The average molecular weight is 494 g/mol. The van der Waals surface area contributed by atoms with Gasteiger partial charge in [-0.25, -0.2) is 9.97 Å². The molecule has 0 saturated carbocycles. The number of piperazine rings is 1. The number of ether oxygens (including phenoxy) is 3. The normalized spacial score (nSPS) is 14.5. The van der Waals surface area contributed by atoms with Crippen molar-refractivity contribution < 1.29 is 19.0 Å². The summed E-state index contributed by atoms with van der Waals surface area (Å²) >= 11 is 0. The number of carbonyl (C=O) groups excluding carboxylic acids is 1. The van der Waals surface area contributed by atoms with Crippen LogP contribution in [0.25, 0.3) is 10.9 Å². The molecule has 9 nitrogen and oxygen atoms in total. The lowest BCUT2D eigenvalue weighted by Gasteiger charge is -2.34. The first-order valence-electron chi connectivity index (χ1n) is 12.4. The molecule has 36 heavy (non-hydrogen) atoms. The Morgan fingerprint density at radius 3 is 2.61 bits per heavy atom. The summed E-state index contributed by atoms with van der Waals surface area (Å²) < 4.78 is 16.8. The van der Waals surface area contributed by atoms with Gasteiger partial charge in [-0.15, -0.1) is 0 Å². The largest absolute Gasteiger partial charge is 0.493 e. The highest BCUT2D eigenvalue weighted by Crippen LogP contribution is 2.34. The summed E-state index contributed by atoms with van der Waals surface area (Å²) in [5, 5.41) is 4.27. The minimum Gasteiger partial charge on any atom is -0.493 e. The maximum Gasteiger partial charge on any atom is 0.320 e. The fourth-order valence-electron chi connectivity index (χ4n) is 4.33. The molecule has 1 aliphatic rings. The summed E-state index contributed by atoms with van der Waals surface area (Å²) in [5.74, 6) is 1.90. The predicted molar refractivity (Wildman–Crippen MR) is 140 cm³/mol. The van der Waals surface area contributed by atoms with Crippen LogP contribution in [0.4, 0.5) is 11.5 Å². The Labute approximate surface area is 212 Å². The molecule has 2 heterocycles. The fourth-order valence-corrected chi connectivity index (χ4v) is 4.33. The van der Waals surface area contributed by atoms with E-state index in [9.17, 15) is 4.79 Å². The first-order chi connectivity index (χ1) is 17.6. The standard InChI is InChI=1S/C27H35N5O4/c1-4-35-26(33)18-32-12-10-31(11-13-32)9-6-14-36-25-16-22-23(17-24(25)34-3)28-19-29-27(22)30-21-8-5-7-20(2)15-21/h5,7-8,15-17,19H,4,6,9-14,18H2,1-3H3,(H,28,29,30). The lowest BCUT2D eigenvalue weighted by atomic mass is 10.2. The summed E-state index contributed by atoms with van der Waals surface area (Å²) in [4.78, 5) is 25.1. The Bertz CT molecular complexity index is 1160. The molecular formula is C27H35N5O4. The smallest absolute Gasteiger partial charge is 0.320 e. The molecule has 192 valence electrons. The molecule has 1 N–H and O–H groups in total. The number of anilines is 2. The second-order valence-corrected chi connectivity index (χ2v) is 8.86. The van der Waals surface area contributed by atoms with Crippen molar-refractivity contribution in [2.24, 2.45) is 0 Å². The van der Waals surface area contributed by atoms with E-state index in [4.69, 9.17) is 14.2 Å². The monoisotopic (exact) mass is 493 g/mol. The molecule has 1 aliphatic heterocycles. The molecule has 0 unspecified atom stereocenters. The van der Waals surface area contributed by atoms with Gasteiger partial charge in [0.2, 0.25) is 0 Å². The SMILES string of the molecule is CCOC(=O)CN1CCN(CCCOc2cc3c(Nc4cccc(C)c4)ncnc3cc2OC)CC1. The first-order valence-corrected chi connectivity index (χ1v) is 12.4. The number of hydrogen-bond donors (Lipinski definition) is 1. The number of carbonyl (C=O) groups is 1. The maximum absolute atomic E-state index is 11.7. The van der Waals surface area contributed by atoms with E-state index in [2.05, 4.69) is 44.1 Å². The van der Waals surface area contributed by atoms with Crippen molar-refractivity contribution in [2.45, 2.75) is 20.3 Å². The molecule has 0 bridgehead atoms. The minimum absolute atomic E-state index is 0.147. The van der Waals surface area contributed by atoms with Gasteiger partial charge >= 0.3 is 5.97 Å². The predicted octanol–water partition coefficient (Wildman–Crippen LogP) is 3.64. The van der Waals surface area contributed by atoms with E-state index in [0.717, 1.165) is 61.6 Å². The number of fused-ring (bicyclic) bond motifs is 1. The number of aryl methyl sites for hydroxylation is 1. The zero-order valence-corrected chi connectivity index (χ0v) is 21.3. The fraction of sp³-hybridized carbons (Fsp3) is 0.444. The molecule has 0 radical (unpaired) electrons. The second kappa shape index (κ2) is 12.5. The van der Waals surface area contributed by atoms with Gasteiger partial charge in [0.15, 0.2) is 11.5 Å². The van der Waals surface area contributed by atoms with Crippen LogP contribution >= 0.6 is 0 Å². The van der Waals surface area contributed by atoms with E-state index in [-0.39, 0.29) is 5.97 Å². The number of hydrogen-bond acceptors (Lipinski definition) is 9. The summed E-state index contributed by atoms with van der Waals surface area (Å²) in [6, 6.07) is 12.0. The molecule has 0 aliphatic carbocycles. The minimum atomic E-state index is -0.147. The molecule has 0 amide bonds. The van der Waals surface area contributed by atoms with Crippen LogP contribution in [0.5, 0.6) is 11.5 Å². The van der Waals surface area contributed by atoms with E-state index in [1.54, 1.807) is 13.4 Å². The van der Waals surface area contributed by atoms with Gasteiger partial charge in [-0.2, -0.15) is 0 Å². The van der Waals surface area contributed by atoms with Crippen LogP contribution in [0.1, 0.15) is 18.9 Å². The van der Waals surface area contributed by atoms with E-state index in [1.807, 2.05) is 31.2 Å².